The van der Waals surface area contributed by atoms with Crippen molar-refractivity contribution >= 4 is 34.9 Å². The first-order valence-corrected chi connectivity index (χ1v) is 8.05. The van der Waals surface area contributed by atoms with Crippen LogP contribution >= 0.6 is 24.0 Å². The first kappa shape index (κ1) is 13.7. The van der Waals surface area contributed by atoms with Gasteiger partial charge in [0, 0.05) is 47.8 Å². The van der Waals surface area contributed by atoms with Crippen LogP contribution in [0.1, 0.15) is 13.8 Å². The largest absolute Gasteiger partial charge is 0.353 e. The van der Waals surface area contributed by atoms with Crippen LogP contribution < -0.4 is 9.80 Å². The number of rotatable bonds is 2. The number of anilines is 2. The number of piperazine rings is 1. The highest BCUT2D eigenvalue weighted by Crippen LogP contribution is 2.28. The van der Waals surface area contributed by atoms with Gasteiger partial charge in [-0.05, 0) is 26.0 Å². The Kier molecular flexibility index (Phi) is 3.85. The fourth-order valence-corrected chi connectivity index (χ4v) is 3.77. The fraction of sp³-hybridized carbons (Fsp3) is 0.429. The number of pyridine rings is 1. The molecule has 0 saturated carbocycles. The summed E-state index contributed by atoms with van der Waals surface area (Å²) in [7, 11) is 0. The molecule has 6 heteroatoms. The smallest absolute Gasteiger partial charge is 0.185 e. The van der Waals surface area contributed by atoms with E-state index in [-0.39, 0.29) is 0 Å². The molecule has 4 nitrogen and oxygen atoms in total. The van der Waals surface area contributed by atoms with Crippen LogP contribution in [0.15, 0.2) is 34.8 Å². The maximum absolute atomic E-state index is 4.48. The maximum Gasteiger partial charge on any atom is 0.185 e. The quantitative estimate of drug-likeness (QED) is 0.865. The van der Waals surface area contributed by atoms with E-state index >= 15 is 0 Å². The number of nitrogens with zero attached hydrogens (tertiary/aromatic N) is 4. The first-order chi connectivity index (χ1) is 9.65. The lowest BCUT2D eigenvalue weighted by atomic mass is 10.1. The number of hydrogen-bond donors (Lipinski definition) is 1. The molecule has 0 amide bonds. The molecule has 2 aromatic rings. The molecule has 20 heavy (non-hydrogen) atoms. The highest BCUT2D eigenvalue weighted by atomic mass is 32.1. The van der Waals surface area contributed by atoms with Crippen molar-refractivity contribution in [2.75, 3.05) is 22.9 Å². The number of aromatic nitrogens is 2. The first-order valence-electron chi connectivity index (χ1n) is 6.73. The standard InChI is InChI=1S/C14H18N4S2/c1-10-8-17(13-4-3-12(19)7-16-13)9-11(2)18(10)14-15-5-6-20-14/h3-7,10-11,19H,8-9H2,1-2H3/t10-,11+. The van der Waals surface area contributed by atoms with E-state index in [1.165, 1.54) is 0 Å². The minimum Gasteiger partial charge on any atom is -0.353 e. The molecule has 3 heterocycles. The Balaban J connectivity index is 1.79. The van der Waals surface area contributed by atoms with Crippen LogP contribution in [0.2, 0.25) is 0 Å². The number of thiol groups is 1. The Hall–Kier alpha value is -1.27. The monoisotopic (exact) mass is 306 g/mol. The Morgan fingerprint density at radius 2 is 1.95 bits per heavy atom. The summed E-state index contributed by atoms with van der Waals surface area (Å²) in [4.78, 5) is 14.6. The van der Waals surface area contributed by atoms with Gasteiger partial charge in [0.15, 0.2) is 5.13 Å². The van der Waals surface area contributed by atoms with Gasteiger partial charge in [-0.25, -0.2) is 9.97 Å². The summed E-state index contributed by atoms with van der Waals surface area (Å²) in [6, 6.07) is 4.87. The zero-order valence-electron chi connectivity index (χ0n) is 11.6. The van der Waals surface area contributed by atoms with Gasteiger partial charge < -0.3 is 9.80 Å². The third-order valence-corrected chi connectivity index (χ3v) is 4.66. The van der Waals surface area contributed by atoms with Gasteiger partial charge in [0.25, 0.3) is 0 Å². The number of hydrogen-bond acceptors (Lipinski definition) is 6. The van der Waals surface area contributed by atoms with Gasteiger partial charge in [-0.2, -0.15) is 0 Å². The van der Waals surface area contributed by atoms with Gasteiger partial charge in [0.2, 0.25) is 0 Å². The minimum atomic E-state index is 0.419. The van der Waals surface area contributed by atoms with E-state index < -0.39 is 0 Å². The molecule has 0 N–H and O–H groups in total. The maximum atomic E-state index is 4.48. The molecule has 0 unspecified atom stereocenters. The lowest BCUT2D eigenvalue weighted by Gasteiger charge is -2.44. The van der Waals surface area contributed by atoms with E-state index in [2.05, 4.69) is 46.2 Å². The van der Waals surface area contributed by atoms with Crippen molar-refractivity contribution in [1.29, 1.82) is 0 Å². The van der Waals surface area contributed by atoms with Crippen LogP contribution in [0.3, 0.4) is 0 Å². The van der Waals surface area contributed by atoms with Gasteiger partial charge in [-0.1, -0.05) is 0 Å². The van der Waals surface area contributed by atoms with Crippen LogP contribution in [0.25, 0.3) is 0 Å². The third kappa shape index (κ3) is 2.62. The molecular weight excluding hydrogens is 288 g/mol. The predicted octanol–water partition coefficient (Wildman–Crippen LogP) is 2.93. The Labute approximate surface area is 128 Å². The summed E-state index contributed by atoms with van der Waals surface area (Å²) in [5, 5.41) is 3.15. The lowest BCUT2D eigenvalue weighted by Crippen LogP contribution is -2.57. The average molecular weight is 306 g/mol. The molecule has 2 atom stereocenters. The number of thiazole rings is 1. The van der Waals surface area contributed by atoms with Gasteiger partial charge in [-0.3, -0.25) is 0 Å². The molecule has 1 aliphatic rings. The molecule has 0 spiro atoms. The topological polar surface area (TPSA) is 32.3 Å². The molecule has 1 saturated heterocycles. The van der Waals surface area contributed by atoms with E-state index in [4.69, 9.17) is 0 Å². The zero-order chi connectivity index (χ0) is 14.1. The van der Waals surface area contributed by atoms with Crippen molar-refractivity contribution < 1.29 is 0 Å². The highest BCUT2D eigenvalue weighted by Gasteiger charge is 2.31. The van der Waals surface area contributed by atoms with Crippen molar-refractivity contribution in [3.8, 4) is 0 Å². The molecule has 0 aliphatic carbocycles. The van der Waals surface area contributed by atoms with E-state index in [1.54, 1.807) is 17.5 Å². The molecule has 3 rings (SSSR count). The Bertz CT molecular complexity index is 543. The van der Waals surface area contributed by atoms with E-state index in [1.807, 2.05) is 23.7 Å². The van der Waals surface area contributed by atoms with Gasteiger partial charge in [0.05, 0.1) is 0 Å². The minimum absolute atomic E-state index is 0.419. The van der Waals surface area contributed by atoms with Crippen LogP contribution in [0, 0.1) is 0 Å². The van der Waals surface area contributed by atoms with Crippen molar-refractivity contribution in [2.45, 2.75) is 30.8 Å². The summed E-state index contributed by atoms with van der Waals surface area (Å²) in [5.74, 6) is 1.03. The van der Waals surface area contributed by atoms with Gasteiger partial charge >= 0.3 is 0 Å². The lowest BCUT2D eigenvalue weighted by molar-refractivity contribution is 0.472. The van der Waals surface area contributed by atoms with E-state index in [0.717, 1.165) is 28.9 Å². The Morgan fingerprint density at radius 3 is 2.50 bits per heavy atom. The van der Waals surface area contributed by atoms with Crippen molar-refractivity contribution in [2.24, 2.45) is 0 Å². The van der Waals surface area contributed by atoms with Crippen LogP contribution in [-0.4, -0.2) is 35.1 Å². The van der Waals surface area contributed by atoms with Crippen LogP contribution in [-0.2, 0) is 0 Å². The molecule has 106 valence electrons. The molecule has 0 aromatic carbocycles. The van der Waals surface area contributed by atoms with E-state index in [9.17, 15) is 0 Å². The summed E-state index contributed by atoms with van der Waals surface area (Å²) in [6.45, 7) is 6.42. The summed E-state index contributed by atoms with van der Waals surface area (Å²) in [5.41, 5.74) is 0. The second-order valence-electron chi connectivity index (χ2n) is 5.20. The van der Waals surface area contributed by atoms with Gasteiger partial charge in [-0.15, -0.1) is 24.0 Å². The second-order valence-corrected chi connectivity index (χ2v) is 6.59. The third-order valence-electron chi connectivity index (χ3n) is 3.62. The van der Waals surface area contributed by atoms with Crippen LogP contribution in [0.4, 0.5) is 10.9 Å². The van der Waals surface area contributed by atoms with Crippen LogP contribution in [0.5, 0.6) is 0 Å². The SMILES string of the molecule is C[C@@H]1CN(c2ccc(S)cn2)C[C@H](C)N1c1nccs1. The summed E-state index contributed by atoms with van der Waals surface area (Å²) in [6.07, 6.45) is 3.68. The second kappa shape index (κ2) is 5.61. The molecule has 1 fully saturated rings. The zero-order valence-corrected chi connectivity index (χ0v) is 13.3. The molecule has 2 aromatic heterocycles. The van der Waals surface area contributed by atoms with Crippen molar-refractivity contribution in [3.05, 3.63) is 29.9 Å². The van der Waals surface area contributed by atoms with Crippen molar-refractivity contribution in [1.82, 2.24) is 9.97 Å². The molecule has 1 aliphatic heterocycles. The van der Waals surface area contributed by atoms with E-state index in [0.29, 0.717) is 12.1 Å². The highest BCUT2D eigenvalue weighted by molar-refractivity contribution is 7.80. The normalized spacial score (nSPS) is 23.1. The average Bonchev–Trinajstić information content (AvgIpc) is 2.92. The molecule has 0 radical (unpaired) electrons. The molecule has 0 bridgehead atoms. The predicted molar refractivity (Wildman–Crippen MR) is 87.2 cm³/mol. The summed E-state index contributed by atoms with van der Waals surface area (Å²) < 4.78 is 0. The van der Waals surface area contributed by atoms with Gasteiger partial charge in [0.1, 0.15) is 5.82 Å². The Morgan fingerprint density at radius 1 is 1.20 bits per heavy atom. The fourth-order valence-electron chi connectivity index (χ4n) is 2.80. The summed E-state index contributed by atoms with van der Waals surface area (Å²) >= 11 is 6.00. The van der Waals surface area contributed by atoms with Crippen molar-refractivity contribution in [3.63, 3.8) is 0 Å². The molecular formula is C14H18N4S2.